The smallest absolute Gasteiger partial charge is 0.0979 e. The van der Waals surface area contributed by atoms with Crippen LogP contribution in [0.15, 0.2) is 231 Å². The highest BCUT2D eigenvalue weighted by molar-refractivity contribution is 7.27. The quantitative estimate of drug-likeness (QED) is 0.149. The molecule has 1 aliphatic carbocycles. The molecule has 2 aromatic heterocycles. The predicted octanol–water partition coefficient (Wildman–Crippen LogP) is 18.0. The first-order valence-electron chi connectivity index (χ1n) is 23.1. The molecule has 3 heteroatoms. The number of nitrogens with zero attached hydrogens (tertiary/aromatic N) is 2. The molecule has 0 aliphatic heterocycles. The van der Waals surface area contributed by atoms with E-state index in [0.29, 0.717) is 0 Å². The lowest BCUT2D eigenvalue weighted by molar-refractivity contribution is 1.05. The van der Waals surface area contributed by atoms with Crippen molar-refractivity contribution < 1.29 is 0 Å². The number of rotatable bonds is 7. The fourth-order valence-electron chi connectivity index (χ4n) is 10.2. The van der Waals surface area contributed by atoms with Crippen LogP contribution < -0.4 is 0 Å². The number of aromatic nitrogens is 2. The molecule has 12 aromatic rings. The lowest BCUT2D eigenvalue weighted by atomic mass is 9.91. The molecule has 2 heterocycles. The maximum Gasteiger partial charge on any atom is 0.0979 e. The lowest BCUT2D eigenvalue weighted by Crippen LogP contribution is -1.92. The SMILES string of the molecule is C1=CCCC(c2cccc(-c3cc(-c4ccccc4)c4sc5c(-c6cccc(-c7cnc8c9ccccc9c9ccccc9c8n7)c6)cc(-c6cccc(-c7ccccc7)c6)cc5c4c3)c2)=C1. The summed E-state index contributed by atoms with van der Waals surface area (Å²) in [4.78, 5) is 10.6. The lowest BCUT2D eigenvalue weighted by Gasteiger charge is -2.13. The van der Waals surface area contributed by atoms with Crippen molar-refractivity contribution >= 4 is 69.7 Å². The minimum Gasteiger partial charge on any atom is -0.252 e. The maximum absolute atomic E-state index is 5.41. The molecule has 0 saturated carbocycles. The minimum absolute atomic E-state index is 0.854. The molecule has 0 spiro atoms. The standard InChI is InChI=1S/C64H42N2S/c1-4-17-41(18-5-1)44-23-14-25-46(33-44)50-36-56(43-21-8-3-9-22-43)63-58(38-50)59-39-51(47-26-15-24-45(34-47)42-19-6-2-7-20-42)37-57(64(59)67-63)48-27-16-28-49(35-48)60-40-65-61-54-31-12-10-29-52(54)53-30-11-13-32-55(53)62(61)66-60/h1-4,6-17,19-40H,5,18H2. The first kappa shape index (κ1) is 39.2. The van der Waals surface area contributed by atoms with Crippen LogP contribution in [0.4, 0.5) is 0 Å². The van der Waals surface area contributed by atoms with E-state index in [1.165, 1.54) is 92.2 Å². The van der Waals surface area contributed by atoms with Crippen LogP contribution in [0.1, 0.15) is 18.4 Å². The van der Waals surface area contributed by atoms with Gasteiger partial charge in [-0.1, -0.05) is 182 Å². The summed E-state index contributed by atoms with van der Waals surface area (Å²) in [5, 5.41) is 7.14. The zero-order valence-corrected chi connectivity index (χ0v) is 37.5. The summed E-state index contributed by atoms with van der Waals surface area (Å²) in [6.45, 7) is 0. The van der Waals surface area contributed by atoms with Gasteiger partial charge >= 0.3 is 0 Å². The summed E-state index contributed by atoms with van der Waals surface area (Å²) in [6, 6.07) is 75.5. The van der Waals surface area contributed by atoms with Crippen LogP contribution in [-0.4, -0.2) is 9.97 Å². The molecule has 13 rings (SSSR count). The zero-order chi connectivity index (χ0) is 44.3. The normalized spacial score (nSPS) is 12.7. The molecule has 10 aromatic carbocycles. The van der Waals surface area contributed by atoms with Crippen molar-refractivity contribution in [3.63, 3.8) is 0 Å². The van der Waals surface area contributed by atoms with Gasteiger partial charge < -0.3 is 0 Å². The van der Waals surface area contributed by atoms with Gasteiger partial charge in [0.15, 0.2) is 0 Å². The Kier molecular flexibility index (Phi) is 9.54. The largest absolute Gasteiger partial charge is 0.252 e. The van der Waals surface area contributed by atoms with Crippen LogP contribution in [-0.2, 0) is 0 Å². The summed E-state index contributed by atoms with van der Waals surface area (Å²) < 4.78 is 2.55. The number of allylic oxidation sites excluding steroid dienone is 4. The van der Waals surface area contributed by atoms with Gasteiger partial charge in [-0.2, -0.15) is 0 Å². The molecular weight excluding hydrogens is 829 g/mol. The fourth-order valence-corrected chi connectivity index (χ4v) is 11.6. The van der Waals surface area contributed by atoms with Gasteiger partial charge in [0.2, 0.25) is 0 Å². The van der Waals surface area contributed by atoms with E-state index in [9.17, 15) is 0 Å². The van der Waals surface area contributed by atoms with Crippen LogP contribution in [0.5, 0.6) is 0 Å². The number of hydrogen-bond acceptors (Lipinski definition) is 3. The van der Waals surface area contributed by atoms with Crippen LogP contribution >= 0.6 is 11.3 Å². The predicted molar refractivity (Wildman–Crippen MR) is 286 cm³/mol. The third kappa shape index (κ3) is 6.95. The van der Waals surface area contributed by atoms with E-state index >= 15 is 0 Å². The maximum atomic E-state index is 5.41. The molecule has 0 bridgehead atoms. The Morgan fingerprint density at radius 1 is 0.358 bits per heavy atom. The molecule has 0 fully saturated rings. The van der Waals surface area contributed by atoms with Gasteiger partial charge in [0.25, 0.3) is 0 Å². The molecule has 0 unspecified atom stereocenters. The van der Waals surface area contributed by atoms with Gasteiger partial charge in [-0.05, 0) is 122 Å². The summed E-state index contributed by atoms with van der Waals surface area (Å²) in [6.07, 6.45) is 10.8. The van der Waals surface area contributed by atoms with Crippen molar-refractivity contribution in [1.29, 1.82) is 0 Å². The second-order valence-corrected chi connectivity index (χ2v) is 18.6. The van der Waals surface area contributed by atoms with E-state index < -0.39 is 0 Å². The van der Waals surface area contributed by atoms with E-state index in [2.05, 4.69) is 224 Å². The molecule has 0 saturated heterocycles. The van der Waals surface area contributed by atoms with Crippen molar-refractivity contribution in [1.82, 2.24) is 9.97 Å². The Labute approximate surface area is 393 Å². The molecule has 0 atom stereocenters. The summed E-state index contributed by atoms with van der Waals surface area (Å²) in [7, 11) is 0. The van der Waals surface area contributed by atoms with Gasteiger partial charge in [-0.3, -0.25) is 4.98 Å². The molecule has 1 aliphatic rings. The first-order valence-corrected chi connectivity index (χ1v) is 23.9. The summed E-state index contributed by atoms with van der Waals surface area (Å²) in [5.74, 6) is 0. The molecule has 2 nitrogen and oxygen atoms in total. The average Bonchev–Trinajstić information content (AvgIpc) is 3.80. The second kappa shape index (κ2) is 16.3. The molecule has 0 N–H and O–H groups in total. The average molecular weight is 871 g/mol. The highest BCUT2D eigenvalue weighted by Crippen LogP contribution is 2.48. The van der Waals surface area contributed by atoms with Crippen molar-refractivity contribution in [3.05, 3.63) is 236 Å². The number of hydrogen-bond donors (Lipinski definition) is 0. The molecule has 0 amide bonds. The van der Waals surface area contributed by atoms with E-state index in [4.69, 9.17) is 9.97 Å². The Morgan fingerprint density at radius 2 is 0.851 bits per heavy atom. The number of fused-ring (bicyclic) bond motifs is 9. The highest BCUT2D eigenvalue weighted by atomic mass is 32.1. The molecule has 314 valence electrons. The number of benzene rings is 10. The van der Waals surface area contributed by atoms with Crippen molar-refractivity contribution in [2.75, 3.05) is 0 Å². The number of thiophene rings is 1. The third-order valence-corrected chi connectivity index (χ3v) is 14.8. The highest BCUT2D eigenvalue weighted by Gasteiger charge is 2.20. The van der Waals surface area contributed by atoms with E-state index in [-0.39, 0.29) is 0 Å². The first-order chi connectivity index (χ1) is 33.2. The van der Waals surface area contributed by atoms with Crippen LogP contribution in [0.25, 0.3) is 125 Å². The van der Waals surface area contributed by atoms with E-state index in [1.54, 1.807) is 0 Å². The van der Waals surface area contributed by atoms with Crippen molar-refractivity contribution in [2.24, 2.45) is 0 Å². The van der Waals surface area contributed by atoms with Crippen LogP contribution in [0, 0.1) is 0 Å². The Bertz CT molecular complexity index is 3940. The molecule has 67 heavy (non-hydrogen) atoms. The summed E-state index contributed by atoms with van der Waals surface area (Å²) >= 11 is 1.90. The topological polar surface area (TPSA) is 25.8 Å². The Hall–Kier alpha value is -8.24. The van der Waals surface area contributed by atoms with Gasteiger partial charge in [0, 0.05) is 47.6 Å². The zero-order valence-electron chi connectivity index (χ0n) is 36.7. The van der Waals surface area contributed by atoms with Gasteiger partial charge in [-0.25, -0.2) is 4.98 Å². The van der Waals surface area contributed by atoms with Crippen LogP contribution in [0.2, 0.25) is 0 Å². The summed E-state index contributed by atoms with van der Waals surface area (Å²) in [5.41, 5.74) is 18.4. The monoisotopic (exact) mass is 870 g/mol. The van der Waals surface area contributed by atoms with Crippen molar-refractivity contribution in [3.8, 4) is 66.9 Å². The van der Waals surface area contributed by atoms with Gasteiger partial charge in [0.05, 0.1) is 22.9 Å². The third-order valence-electron chi connectivity index (χ3n) is 13.5. The molecular formula is C64H42N2S. The fraction of sp³-hybridized carbons (Fsp3) is 0.0312. The van der Waals surface area contributed by atoms with Crippen LogP contribution in [0.3, 0.4) is 0 Å². The molecule has 0 radical (unpaired) electrons. The minimum atomic E-state index is 0.854. The van der Waals surface area contributed by atoms with Gasteiger partial charge in [0.1, 0.15) is 0 Å². The van der Waals surface area contributed by atoms with Crippen molar-refractivity contribution in [2.45, 2.75) is 12.8 Å². The van der Waals surface area contributed by atoms with E-state index in [1.807, 2.05) is 17.5 Å². The van der Waals surface area contributed by atoms with Gasteiger partial charge in [-0.15, -0.1) is 11.3 Å². The second-order valence-electron chi connectivity index (χ2n) is 17.6. The Balaban J connectivity index is 1.04. The van der Waals surface area contributed by atoms with E-state index in [0.717, 1.165) is 51.5 Å². The Morgan fingerprint density at radius 3 is 1.49 bits per heavy atom.